The van der Waals surface area contributed by atoms with Crippen LogP contribution >= 0.6 is 11.6 Å². The standard InChI is InChI=1S/C25H29ClF3NO/c26-22-10-6-20(7-11-22)24(19-4-1-5-19)30-15-2-3-18(17-30)14-16-31-23-12-8-21(9-13-23)25(27,28)29/h6-13,18-19,24H,1-5,14-17H2. The summed E-state index contributed by atoms with van der Waals surface area (Å²) in [6.45, 7) is 2.68. The maximum Gasteiger partial charge on any atom is 0.416 e. The summed E-state index contributed by atoms with van der Waals surface area (Å²) in [6, 6.07) is 13.7. The first-order chi connectivity index (χ1) is 14.9. The van der Waals surface area contributed by atoms with Crippen molar-refractivity contribution < 1.29 is 17.9 Å². The highest BCUT2D eigenvalue weighted by atomic mass is 35.5. The minimum absolute atomic E-state index is 0.449. The average Bonchev–Trinajstić information content (AvgIpc) is 2.71. The topological polar surface area (TPSA) is 12.5 Å². The van der Waals surface area contributed by atoms with Gasteiger partial charge in [-0.1, -0.05) is 30.2 Å². The number of alkyl halides is 3. The Morgan fingerprint density at radius 2 is 1.68 bits per heavy atom. The van der Waals surface area contributed by atoms with Crippen molar-refractivity contribution in [1.82, 2.24) is 4.90 Å². The van der Waals surface area contributed by atoms with Gasteiger partial charge in [-0.05, 0) is 92.4 Å². The summed E-state index contributed by atoms with van der Waals surface area (Å²) < 4.78 is 43.8. The lowest BCUT2D eigenvalue weighted by Crippen LogP contribution is -2.43. The molecule has 2 aromatic carbocycles. The van der Waals surface area contributed by atoms with Crippen LogP contribution in [-0.4, -0.2) is 24.6 Å². The van der Waals surface area contributed by atoms with Crippen molar-refractivity contribution in [2.24, 2.45) is 11.8 Å². The molecule has 31 heavy (non-hydrogen) atoms. The van der Waals surface area contributed by atoms with E-state index >= 15 is 0 Å². The zero-order chi connectivity index (χ0) is 21.8. The average molecular weight is 452 g/mol. The monoisotopic (exact) mass is 451 g/mol. The van der Waals surface area contributed by atoms with E-state index in [9.17, 15) is 13.2 Å². The first-order valence-corrected chi connectivity index (χ1v) is 11.6. The highest BCUT2D eigenvalue weighted by Gasteiger charge is 2.35. The summed E-state index contributed by atoms with van der Waals surface area (Å²) >= 11 is 6.11. The summed E-state index contributed by atoms with van der Waals surface area (Å²) in [4.78, 5) is 2.64. The van der Waals surface area contributed by atoms with Crippen molar-refractivity contribution in [3.63, 3.8) is 0 Å². The molecule has 2 nitrogen and oxygen atoms in total. The van der Waals surface area contributed by atoms with Crippen LogP contribution in [0.1, 0.15) is 55.7 Å². The Morgan fingerprint density at radius 3 is 2.29 bits per heavy atom. The van der Waals surface area contributed by atoms with Crippen molar-refractivity contribution in [3.05, 3.63) is 64.7 Å². The third-order valence-electron chi connectivity index (χ3n) is 6.73. The van der Waals surface area contributed by atoms with E-state index in [1.807, 2.05) is 12.1 Å². The number of likely N-dealkylation sites (tertiary alicyclic amines) is 1. The molecule has 0 aromatic heterocycles. The molecule has 2 aliphatic rings. The fraction of sp³-hybridized carbons (Fsp3) is 0.520. The van der Waals surface area contributed by atoms with Crippen LogP contribution in [0, 0.1) is 11.8 Å². The second-order valence-corrected chi connectivity index (χ2v) is 9.29. The molecule has 0 bridgehead atoms. The Balaban J connectivity index is 1.32. The summed E-state index contributed by atoms with van der Waals surface area (Å²) in [5, 5.41) is 0.771. The number of piperidine rings is 1. The fourth-order valence-corrected chi connectivity index (χ4v) is 4.99. The maximum absolute atomic E-state index is 12.7. The van der Waals surface area contributed by atoms with E-state index in [0.717, 1.165) is 36.7 Å². The first kappa shape index (κ1) is 22.5. The normalized spacial score (nSPS) is 21.5. The van der Waals surface area contributed by atoms with E-state index in [2.05, 4.69) is 17.0 Å². The summed E-state index contributed by atoms with van der Waals surface area (Å²) in [5.41, 5.74) is 0.711. The summed E-state index contributed by atoms with van der Waals surface area (Å²) in [7, 11) is 0. The molecule has 1 saturated heterocycles. The highest BCUT2D eigenvalue weighted by Crippen LogP contribution is 2.43. The van der Waals surface area contributed by atoms with Crippen LogP contribution < -0.4 is 4.74 Å². The van der Waals surface area contributed by atoms with Crippen LogP contribution in [-0.2, 0) is 6.18 Å². The lowest BCUT2D eigenvalue weighted by Gasteiger charge is -2.45. The highest BCUT2D eigenvalue weighted by molar-refractivity contribution is 6.30. The molecule has 168 valence electrons. The molecule has 2 atom stereocenters. The molecule has 0 N–H and O–H groups in total. The third-order valence-corrected chi connectivity index (χ3v) is 6.98. The number of halogens is 4. The van der Waals surface area contributed by atoms with Crippen molar-refractivity contribution in [2.75, 3.05) is 19.7 Å². The molecule has 2 aromatic rings. The van der Waals surface area contributed by atoms with Gasteiger partial charge < -0.3 is 4.74 Å². The van der Waals surface area contributed by atoms with Crippen LogP contribution in [0.5, 0.6) is 5.75 Å². The Labute approximate surface area is 187 Å². The molecule has 1 aliphatic carbocycles. The SMILES string of the molecule is FC(F)(F)c1ccc(OCCC2CCCN(C(c3ccc(Cl)cc3)C3CCC3)C2)cc1. The van der Waals surface area contributed by atoms with Gasteiger partial charge in [-0.2, -0.15) is 13.2 Å². The third kappa shape index (κ3) is 5.75. The van der Waals surface area contributed by atoms with Gasteiger partial charge >= 0.3 is 6.18 Å². The number of benzene rings is 2. The molecular formula is C25H29ClF3NO. The van der Waals surface area contributed by atoms with E-state index < -0.39 is 11.7 Å². The Bertz CT molecular complexity index is 833. The van der Waals surface area contributed by atoms with Crippen LogP contribution in [0.3, 0.4) is 0 Å². The van der Waals surface area contributed by atoms with Gasteiger partial charge in [-0.3, -0.25) is 4.90 Å². The first-order valence-electron chi connectivity index (χ1n) is 11.2. The van der Waals surface area contributed by atoms with Gasteiger partial charge in [0.15, 0.2) is 0 Å². The van der Waals surface area contributed by atoms with E-state index in [0.29, 0.717) is 30.2 Å². The molecule has 4 rings (SSSR count). The Kier molecular flexibility index (Phi) is 7.12. The molecular weight excluding hydrogens is 423 g/mol. The van der Waals surface area contributed by atoms with Crippen molar-refractivity contribution >= 4 is 11.6 Å². The van der Waals surface area contributed by atoms with Gasteiger partial charge in [0.1, 0.15) is 5.75 Å². The molecule has 1 saturated carbocycles. The van der Waals surface area contributed by atoms with Crippen molar-refractivity contribution in [1.29, 1.82) is 0 Å². The lowest BCUT2D eigenvalue weighted by molar-refractivity contribution is -0.137. The van der Waals surface area contributed by atoms with E-state index in [1.165, 1.54) is 49.8 Å². The van der Waals surface area contributed by atoms with Gasteiger partial charge in [0.25, 0.3) is 0 Å². The molecule has 2 fully saturated rings. The molecule has 0 spiro atoms. The van der Waals surface area contributed by atoms with E-state index in [4.69, 9.17) is 16.3 Å². The van der Waals surface area contributed by atoms with E-state index in [-0.39, 0.29) is 0 Å². The van der Waals surface area contributed by atoms with Gasteiger partial charge in [0.2, 0.25) is 0 Å². The maximum atomic E-state index is 12.7. The lowest BCUT2D eigenvalue weighted by atomic mass is 9.75. The zero-order valence-corrected chi connectivity index (χ0v) is 18.3. The van der Waals surface area contributed by atoms with Crippen LogP contribution in [0.15, 0.2) is 48.5 Å². The van der Waals surface area contributed by atoms with Crippen LogP contribution in [0.4, 0.5) is 13.2 Å². The largest absolute Gasteiger partial charge is 0.494 e. The zero-order valence-electron chi connectivity index (χ0n) is 17.6. The quantitative estimate of drug-likeness (QED) is 0.435. The van der Waals surface area contributed by atoms with Crippen LogP contribution in [0.2, 0.25) is 5.02 Å². The fourth-order valence-electron chi connectivity index (χ4n) is 4.87. The Morgan fingerprint density at radius 1 is 0.968 bits per heavy atom. The van der Waals surface area contributed by atoms with Gasteiger partial charge in [-0.15, -0.1) is 0 Å². The second-order valence-electron chi connectivity index (χ2n) is 8.85. The van der Waals surface area contributed by atoms with Crippen LogP contribution in [0.25, 0.3) is 0 Å². The van der Waals surface area contributed by atoms with E-state index in [1.54, 1.807) is 0 Å². The van der Waals surface area contributed by atoms with Crippen molar-refractivity contribution in [3.8, 4) is 5.75 Å². The molecule has 6 heteroatoms. The molecule has 1 aliphatic heterocycles. The minimum Gasteiger partial charge on any atom is -0.494 e. The molecule has 1 heterocycles. The summed E-state index contributed by atoms with van der Waals surface area (Å²) in [5.74, 6) is 1.75. The number of ether oxygens (including phenoxy) is 1. The predicted octanol–water partition coefficient (Wildman–Crippen LogP) is 7.38. The summed E-state index contributed by atoms with van der Waals surface area (Å²) in [6.07, 6.45) is 2.82. The predicted molar refractivity (Wildman–Crippen MR) is 117 cm³/mol. The van der Waals surface area contributed by atoms with Gasteiger partial charge in [0.05, 0.1) is 12.2 Å². The second kappa shape index (κ2) is 9.83. The Hall–Kier alpha value is -1.72. The number of hydrogen-bond donors (Lipinski definition) is 0. The number of hydrogen-bond acceptors (Lipinski definition) is 2. The molecule has 0 radical (unpaired) electrons. The minimum atomic E-state index is -4.31. The van der Waals surface area contributed by atoms with Gasteiger partial charge in [0, 0.05) is 17.6 Å². The number of rotatable bonds is 7. The molecule has 2 unspecified atom stereocenters. The smallest absolute Gasteiger partial charge is 0.416 e. The van der Waals surface area contributed by atoms with Crippen molar-refractivity contribution in [2.45, 2.75) is 50.7 Å². The molecule has 0 amide bonds. The van der Waals surface area contributed by atoms with Gasteiger partial charge in [-0.25, -0.2) is 0 Å². The number of nitrogens with zero attached hydrogens (tertiary/aromatic N) is 1.